The van der Waals surface area contributed by atoms with Crippen LogP contribution in [0.1, 0.15) is 35.3 Å². The summed E-state index contributed by atoms with van der Waals surface area (Å²) in [6, 6.07) is 25.5. The minimum atomic E-state index is -0.0827. The average molecular weight is 377 g/mol. The number of hydrogen-bond donors (Lipinski definition) is 1. The number of hydrogen-bond acceptors (Lipinski definition) is 2. The molecule has 1 amide bonds. The Labute approximate surface area is 164 Å². The van der Waals surface area contributed by atoms with E-state index in [1.165, 1.54) is 0 Å². The van der Waals surface area contributed by atoms with Gasteiger partial charge < -0.3 is 10.2 Å². The van der Waals surface area contributed by atoms with Crippen molar-refractivity contribution in [1.82, 2.24) is 0 Å². The predicted octanol–water partition coefficient (Wildman–Crippen LogP) is 5.93. The van der Waals surface area contributed by atoms with Crippen molar-refractivity contribution in [2.45, 2.75) is 25.4 Å². The van der Waals surface area contributed by atoms with Crippen LogP contribution in [-0.4, -0.2) is 11.9 Å². The second-order valence-electron chi connectivity index (χ2n) is 6.87. The minimum absolute atomic E-state index is 0.0661. The zero-order chi connectivity index (χ0) is 18.8. The number of fused-ring (bicyclic) bond motifs is 1. The topological polar surface area (TPSA) is 32.3 Å². The van der Waals surface area contributed by atoms with Crippen LogP contribution in [-0.2, 0) is 0 Å². The Bertz CT molecular complexity index is 957. The molecule has 2 atom stereocenters. The molecule has 27 heavy (non-hydrogen) atoms. The molecule has 4 heteroatoms. The zero-order valence-corrected chi connectivity index (χ0v) is 15.9. The summed E-state index contributed by atoms with van der Waals surface area (Å²) in [6.45, 7) is 2.14. The minimum Gasteiger partial charge on any atom is -0.382 e. The average Bonchev–Trinajstić information content (AvgIpc) is 2.69. The highest BCUT2D eigenvalue weighted by Crippen LogP contribution is 2.40. The highest BCUT2D eigenvalue weighted by molar-refractivity contribution is 6.34. The van der Waals surface area contributed by atoms with Gasteiger partial charge in [-0.05, 0) is 49.2 Å². The Balaban J connectivity index is 1.85. The Morgan fingerprint density at radius 3 is 2.41 bits per heavy atom. The molecule has 1 heterocycles. The van der Waals surface area contributed by atoms with E-state index in [-0.39, 0.29) is 18.0 Å². The Morgan fingerprint density at radius 2 is 1.63 bits per heavy atom. The van der Waals surface area contributed by atoms with Crippen LogP contribution in [0.4, 0.5) is 11.4 Å². The molecule has 1 aliphatic rings. The third-order valence-electron chi connectivity index (χ3n) is 4.97. The van der Waals surface area contributed by atoms with Crippen molar-refractivity contribution in [2.75, 3.05) is 10.2 Å². The van der Waals surface area contributed by atoms with Gasteiger partial charge in [-0.25, -0.2) is 0 Å². The monoisotopic (exact) mass is 376 g/mol. The third-order valence-corrected chi connectivity index (χ3v) is 5.30. The first kappa shape index (κ1) is 17.6. The van der Waals surface area contributed by atoms with Crippen LogP contribution in [0, 0.1) is 0 Å². The molecule has 0 radical (unpaired) electrons. The molecule has 0 aliphatic carbocycles. The maximum Gasteiger partial charge on any atom is 0.260 e. The maximum absolute atomic E-state index is 13.6. The molecule has 136 valence electrons. The lowest BCUT2D eigenvalue weighted by atomic mass is 9.91. The van der Waals surface area contributed by atoms with Crippen molar-refractivity contribution in [3.05, 3.63) is 95.0 Å². The summed E-state index contributed by atoms with van der Waals surface area (Å²) >= 11 is 6.36. The second-order valence-corrected chi connectivity index (χ2v) is 7.28. The van der Waals surface area contributed by atoms with Gasteiger partial charge in [0.25, 0.3) is 5.91 Å². The van der Waals surface area contributed by atoms with E-state index in [0.717, 1.165) is 23.4 Å². The highest BCUT2D eigenvalue weighted by Gasteiger charge is 2.33. The normalized spacial score (nSPS) is 18.3. The largest absolute Gasteiger partial charge is 0.382 e. The van der Waals surface area contributed by atoms with E-state index in [9.17, 15) is 4.79 Å². The number of amides is 1. The molecule has 4 rings (SSSR count). The molecule has 0 bridgehead atoms. The molecule has 0 aromatic heterocycles. The van der Waals surface area contributed by atoms with E-state index >= 15 is 0 Å². The number of benzene rings is 3. The fraction of sp³-hybridized carbons (Fsp3) is 0.174. The van der Waals surface area contributed by atoms with E-state index in [1.807, 2.05) is 59.5 Å². The first-order chi connectivity index (χ1) is 13.1. The predicted molar refractivity (Wildman–Crippen MR) is 112 cm³/mol. The van der Waals surface area contributed by atoms with Gasteiger partial charge in [0.15, 0.2) is 0 Å². The van der Waals surface area contributed by atoms with Gasteiger partial charge in [-0.2, -0.15) is 0 Å². The van der Waals surface area contributed by atoms with Gasteiger partial charge in [-0.3, -0.25) is 4.79 Å². The fourth-order valence-corrected chi connectivity index (χ4v) is 3.96. The number of nitrogens with one attached hydrogen (secondary N) is 1. The van der Waals surface area contributed by atoms with Crippen LogP contribution < -0.4 is 10.2 Å². The van der Waals surface area contributed by atoms with E-state index in [1.54, 1.807) is 12.1 Å². The van der Waals surface area contributed by atoms with Crippen LogP contribution in [0.25, 0.3) is 0 Å². The molecule has 3 aromatic rings. The number of carbonyl (C=O) groups excluding carboxylic acids is 1. The first-order valence-corrected chi connectivity index (χ1v) is 9.51. The van der Waals surface area contributed by atoms with Crippen molar-refractivity contribution in [1.29, 1.82) is 0 Å². The number of rotatable bonds is 3. The number of nitrogens with zero attached hydrogens (tertiary/aromatic N) is 1. The standard InChI is InChI=1S/C23H21ClN2O/c1-16-15-22(19-12-6-8-14-21(19)25-16)26(17-9-3-2-4-10-17)23(27)18-11-5-7-13-20(18)24/h2-14,16,22,25H,15H2,1H3/t16-,22+/m1/s1. The summed E-state index contributed by atoms with van der Waals surface area (Å²) < 4.78 is 0. The summed E-state index contributed by atoms with van der Waals surface area (Å²) in [5, 5.41) is 3.99. The van der Waals surface area contributed by atoms with Gasteiger partial charge in [0, 0.05) is 17.4 Å². The molecule has 0 unspecified atom stereocenters. The van der Waals surface area contributed by atoms with Gasteiger partial charge in [-0.15, -0.1) is 0 Å². The summed E-state index contributed by atoms with van der Waals surface area (Å²) in [5.41, 5.74) is 3.59. The molecule has 1 N–H and O–H groups in total. The van der Waals surface area contributed by atoms with E-state index in [4.69, 9.17) is 11.6 Å². The summed E-state index contributed by atoms with van der Waals surface area (Å²) in [4.78, 5) is 15.5. The zero-order valence-electron chi connectivity index (χ0n) is 15.1. The van der Waals surface area contributed by atoms with Crippen LogP contribution >= 0.6 is 11.6 Å². The third kappa shape index (κ3) is 3.43. The number of carbonyl (C=O) groups is 1. The number of halogens is 1. The summed E-state index contributed by atoms with van der Waals surface area (Å²) in [5.74, 6) is -0.0827. The lowest BCUT2D eigenvalue weighted by Crippen LogP contribution is -2.40. The summed E-state index contributed by atoms with van der Waals surface area (Å²) in [6.07, 6.45) is 0.822. The molecule has 0 fully saturated rings. The molecule has 3 aromatic carbocycles. The van der Waals surface area contributed by atoms with E-state index in [2.05, 4.69) is 24.4 Å². The van der Waals surface area contributed by atoms with Gasteiger partial charge in [0.05, 0.1) is 16.6 Å². The quantitative estimate of drug-likeness (QED) is 0.614. The molecular formula is C23H21ClN2O. The lowest BCUT2D eigenvalue weighted by molar-refractivity contribution is 0.0974. The van der Waals surface area contributed by atoms with Gasteiger partial charge in [0.2, 0.25) is 0 Å². The maximum atomic E-state index is 13.6. The molecule has 0 saturated heterocycles. The molecule has 0 spiro atoms. The fourth-order valence-electron chi connectivity index (χ4n) is 3.74. The van der Waals surface area contributed by atoms with Crippen LogP contribution in [0.5, 0.6) is 0 Å². The smallest absolute Gasteiger partial charge is 0.260 e. The lowest BCUT2D eigenvalue weighted by Gasteiger charge is -2.39. The molecular weight excluding hydrogens is 356 g/mol. The highest BCUT2D eigenvalue weighted by atomic mass is 35.5. The van der Waals surface area contributed by atoms with Crippen LogP contribution in [0.3, 0.4) is 0 Å². The van der Waals surface area contributed by atoms with E-state index in [0.29, 0.717) is 10.6 Å². The number of anilines is 2. The van der Waals surface area contributed by atoms with Gasteiger partial charge in [-0.1, -0.05) is 60.1 Å². The van der Waals surface area contributed by atoms with Crippen molar-refractivity contribution in [2.24, 2.45) is 0 Å². The Morgan fingerprint density at radius 1 is 0.963 bits per heavy atom. The van der Waals surface area contributed by atoms with Gasteiger partial charge in [0.1, 0.15) is 0 Å². The van der Waals surface area contributed by atoms with Crippen molar-refractivity contribution in [3.63, 3.8) is 0 Å². The molecule has 1 aliphatic heterocycles. The van der Waals surface area contributed by atoms with Crippen molar-refractivity contribution < 1.29 is 4.79 Å². The SMILES string of the molecule is C[C@@H]1C[C@H](N(C(=O)c2ccccc2Cl)c2ccccc2)c2ccccc2N1. The van der Waals surface area contributed by atoms with Crippen LogP contribution in [0.15, 0.2) is 78.9 Å². The van der Waals surface area contributed by atoms with E-state index < -0.39 is 0 Å². The van der Waals surface area contributed by atoms with Gasteiger partial charge >= 0.3 is 0 Å². The van der Waals surface area contributed by atoms with Crippen molar-refractivity contribution in [3.8, 4) is 0 Å². The Kier molecular flexibility index (Phi) is 4.87. The molecule has 0 saturated carbocycles. The van der Waals surface area contributed by atoms with Crippen LogP contribution in [0.2, 0.25) is 5.02 Å². The van der Waals surface area contributed by atoms with Crippen molar-refractivity contribution >= 4 is 28.9 Å². The summed E-state index contributed by atoms with van der Waals surface area (Å²) in [7, 11) is 0. The number of para-hydroxylation sites is 2. The molecule has 3 nitrogen and oxygen atoms in total. The Hall–Kier alpha value is -2.78. The second kappa shape index (κ2) is 7.45. The first-order valence-electron chi connectivity index (χ1n) is 9.14.